The van der Waals surface area contributed by atoms with Crippen LogP contribution in [-0.2, 0) is 0 Å². The average Bonchev–Trinajstić information content (AvgIpc) is 2.99. The third-order valence-electron chi connectivity index (χ3n) is 6.96. The zero-order valence-electron chi connectivity index (χ0n) is 21.4. The first-order valence-electron chi connectivity index (χ1n) is 12.8. The van der Waals surface area contributed by atoms with Gasteiger partial charge in [0, 0.05) is 31.7 Å². The fraction of sp³-hybridized carbons (Fsp3) is 0.188. The molecule has 1 N–H and O–H groups in total. The van der Waals surface area contributed by atoms with Gasteiger partial charge in [-0.05, 0) is 47.5 Å². The van der Waals surface area contributed by atoms with E-state index in [0.29, 0.717) is 35.7 Å². The SMILES string of the molecule is COc1ccc(C(=O)Nc2ccccc2C(=O)N2CCN(C(c3ccccc3)c3ccccc3)CC2)cc1. The van der Waals surface area contributed by atoms with E-state index in [1.165, 1.54) is 11.1 Å². The molecule has 192 valence electrons. The van der Waals surface area contributed by atoms with Crippen LogP contribution in [0.3, 0.4) is 0 Å². The molecule has 0 saturated carbocycles. The fourth-order valence-electron chi connectivity index (χ4n) is 4.95. The Morgan fingerprint density at radius 3 is 1.84 bits per heavy atom. The Morgan fingerprint density at radius 1 is 0.711 bits per heavy atom. The van der Waals surface area contributed by atoms with Crippen molar-refractivity contribution in [3.05, 3.63) is 131 Å². The number of amides is 2. The second-order valence-corrected chi connectivity index (χ2v) is 9.28. The molecular formula is C32H31N3O3. The minimum absolute atomic E-state index is 0.0775. The number of nitrogens with one attached hydrogen (secondary N) is 1. The number of anilines is 1. The van der Waals surface area contributed by atoms with Crippen LogP contribution in [0.25, 0.3) is 0 Å². The van der Waals surface area contributed by atoms with Crippen LogP contribution in [0.1, 0.15) is 37.9 Å². The Bertz CT molecular complexity index is 1330. The first kappa shape index (κ1) is 25.2. The first-order chi connectivity index (χ1) is 18.6. The van der Waals surface area contributed by atoms with Crippen molar-refractivity contribution < 1.29 is 14.3 Å². The van der Waals surface area contributed by atoms with E-state index in [0.717, 1.165) is 13.1 Å². The van der Waals surface area contributed by atoms with Crippen LogP contribution in [0, 0.1) is 0 Å². The molecule has 1 aliphatic heterocycles. The standard InChI is InChI=1S/C32H31N3O3/c1-38-27-18-16-26(17-19-27)31(36)33-29-15-9-8-14-28(29)32(37)35-22-20-34(21-23-35)30(24-10-4-2-5-11-24)25-12-6-3-7-13-25/h2-19,30H,20-23H2,1H3,(H,33,36). The number of carbonyl (C=O) groups excluding carboxylic acids is 2. The lowest BCUT2D eigenvalue weighted by molar-refractivity contribution is 0.0598. The maximum Gasteiger partial charge on any atom is 0.256 e. The Balaban J connectivity index is 1.29. The molecule has 0 bridgehead atoms. The molecule has 5 rings (SSSR count). The predicted molar refractivity (Wildman–Crippen MR) is 150 cm³/mol. The topological polar surface area (TPSA) is 61.9 Å². The molecule has 4 aromatic carbocycles. The highest BCUT2D eigenvalue weighted by Crippen LogP contribution is 2.30. The lowest BCUT2D eigenvalue weighted by Gasteiger charge is -2.40. The largest absolute Gasteiger partial charge is 0.497 e. The van der Waals surface area contributed by atoms with Gasteiger partial charge >= 0.3 is 0 Å². The van der Waals surface area contributed by atoms with E-state index in [4.69, 9.17) is 4.74 Å². The molecular weight excluding hydrogens is 474 g/mol. The van der Waals surface area contributed by atoms with Crippen molar-refractivity contribution in [1.82, 2.24) is 9.80 Å². The molecule has 6 nitrogen and oxygen atoms in total. The van der Waals surface area contributed by atoms with Gasteiger partial charge in [-0.15, -0.1) is 0 Å². The molecule has 0 radical (unpaired) electrons. The summed E-state index contributed by atoms with van der Waals surface area (Å²) >= 11 is 0. The molecule has 1 aliphatic rings. The third-order valence-corrected chi connectivity index (χ3v) is 6.96. The number of benzene rings is 4. The number of methoxy groups -OCH3 is 1. The maximum atomic E-state index is 13.6. The van der Waals surface area contributed by atoms with Crippen LogP contribution >= 0.6 is 0 Å². The van der Waals surface area contributed by atoms with Gasteiger partial charge in [-0.1, -0.05) is 72.8 Å². The number of rotatable bonds is 7. The summed E-state index contributed by atoms with van der Waals surface area (Å²) in [4.78, 5) is 30.8. The zero-order valence-corrected chi connectivity index (χ0v) is 21.4. The summed E-state index contributed by atoms with van der Waals surface area (Å²) in [6.45, 7) is 2.71. The Kier molecular flexibility index (Phi) is 7.81. The second-order valence-electron chi connectivity index (χ2n) is 9.28. The van der Waals surface area contributed by atoms with Crippen molar-refractivity contribution in [2.24, 2.45) is 0 Å². The molecule has 1 saturated heterocycles. The van der Waals surface area contributed by atoms with Crippen molar-refractivity contribution >= 4 is 17.5 Å². The van der Waals surface area contributed by atoms with E-state index in [1.54, 1.807) is 43.5 Å². The normalized spacial score (nSPS) is 13.8. The van der Waals surface area contributed by atoms with Crippen molar-refractivity contribution in [2.45, 2.75) is 6.04 Å². The summed E-state index contributed by atoms with van der Waals surface area (Å²) in [5, 5.41) is 2.92. The van der Waals surface area contributed by atoms with E-state index >= 15 is 0 Å². The molecule has 38 heavy (non-hydrogen) atoms. The molecule has 2 amide bonds. The van der Waals surface area contributed by atoms with Gasteiger partial charge in [0.15, 0.2) is 0 Å². The van der Waals surface area contributed by atoms with E-state index in [9.17, 15) is 9.59 Å². The monoisotopic (exact) mass is 505 g/mol. The van der Waals surface area contributed by atoms with Gasteiger partial charge < -0.3 is 15.0 Å². The highest BCUT2D eigenvalue weighted by molar-refractivity contribution is 6.09. The Hall–Kier alpha value is -4.42. The molecule has 0 spiro atoms. The predicted octanol–water partition coefficient (Wildman–Crippen LogP) is 5.49. The molecule has 1 heterocycles. The van der Waals surface area contributed by atoms with Gasteiger partial charge in [-0.2, -0.15) is 0 Å². The van der Waals surface area contributed by atoms with Gasteiger partial charge in [0.2, 0.25) is 0 Å². The number of hydrogen-bond donors (Lipinski definition) is 1. The summed E-state index contributed by atoms with van der Waals surface area (Å²) < 4.78 is 5.17. The van der Waals surface area contributed by atoms with Crippen molar-refractivity contribution in [3.8, 4) is 5.75 Å². The molecule has 6 heteroatoms. The Labute approximate surface area is 223 Å². The van der Waals surface area contributed by atoms with Crippen LogP contribution in [0.15, 0.2) is 109 Å². The summed E-state index contributed by atoms with van der Waals surface area (Å²) in [7, 11) is 1.58. The number of nitrogens with zero attached hydrogens (tertiary/aromatic N) is 2. The van der Waals surface area contributed by atoms with Crippen LogP contribution in [0.4, 0.5) is 5.69 Å². The van der Waals surface area contributed by atoms with Gasteiger partial charge in [0.05, 0.1) is 24.4 Å². The number of piperazine rings is 1. The smallest absolute Gasteiger partial charge is 0.256 e. The highest BCUT2D eigenvalue weighted by atomic mass is 16.5. The van der Waals surface area contributed by atoms with E-state index < -0.39 is 0 Å². The zero-order chi connectivity index (χ0) is 26.3. The minimum Gasteiger partial charge on any atom is -0.497 e. The van der Waals surface area contributed by atoms with Crippen LogP contribution in [0.2, 0.25) is 0 Å². The summed E-state index contributed by atoms with van der Waals surface area (Å²) in [6, 6.07) is 35.2. The van der Waals surface area contributed by atoms with E-state index in [2.05, 4.69) is 58.7 Å². The molecule has 1 fully saturated rings. The van der Waals surface area contributed by atoms with Crippen LogP contribution in [-0.4, -0.2) is 54.9 Å². The number of para-hydroxylation sites is 1. The first-order valence-corrected chi connectivity index (χ1v) is 12.8. The molecule has 4 aromatic rings. The van der Waals surface area contributed by atoms with Crippen molar-refractivity contribution in [2.75, 3.05) is 38.6 Å². The summed E-state index contributed by atoms with van der Waals surface area (Å²) in [5.41, 5.74) is 3.97. The van der Waals surface area contributed by atoms with Gasteiger partial charge in [0.1, 0.15) is 5.75 Å². The van der Waals surface area contributed by atoms with Crippen LogP contribution < -0.4 is 10.1 Å². The van der Waals surface area contributed by atoms with Crippen molar-refractivity contribution in [1.29, 1.82) is 0 Å². The Morgan fingerprint density at radius 2 is 1.26 bits per heavy atom. The van der Waals surface area contributed by atoms with E-state index in [-0.39, 0.29) is 17.9 Å². The summed E-state index contributed by atoms with van der Waals surface area (Å²) in [6.07, 6.45) is 0. The fourth-order valence-corrected chi connectivity index (χ4v) is 4.95. The second kappa shape index (κ2) is 11.8. The van der Waals surface area contributed by atoms with E-state index in [1.807, 2.05) is 29.2 Å². The molecule has 0 aliphatic carbocycles. The quantitative estimate of drug-likeness (QED) is 0.361. The van der Waals surface area contributed by atoms with Gasteiger partial charge in [-0.25, -0.2) is 0 Å². The molecule has 0 atom stereocenters. The lowest BCUT2D eigenvalue weighted by Crippen LogP contribution is -2.50. The van der Waals surface area contributed by atoms with Crippen molar-refractivity contribution in [3.63, 3.8) is 0 Å². The number of ether oxygens (including phenoxy) is 1. The number of hydrogen-bond acceptors (Lipinski definition) is 4. The molecule has 0 aromatic heterocycles. The average molecular weight is 506 g/mol. The minimum atomic E-state index is -0.272. The lowest BCUT2D eigenvalue weighted by atomic mass is 9.96. The summed E-state index contributed by atoms with van der Waals surface area (Å²) in [5.74, 6) is 0.329. The van der Waals surface area contributed by atoms with Gasteiger partial charge in [-0.3, -0.25) is 14.5 Å². The highest BCUT2D eigenvalue weighted by Gasteiger charge is 2.29. The van der Waals surface area contributed by atoms with Crippen LogP contribution in [0.5, 0.6) is 5.75 Å². The third kappa shape index (κ3) is 5.61. The van der Waals surface area contributed by atoms with Gasteiger partial charge in [0.25, 0.3) is 11.8 Å². The number of carbonyl (C=O) groups is 2. The molecule has 0 unspecified atom stereocenters. The maximum absolute atomic E-state index is 13.6.